The number of halogens is 2. The lowest BCUT2D eigenvalue weighted by molar-refractivity contribution is 0.0985. The van der Waals surface area contributed by atoms with Crippen LogP contribution in [-0.2, 0) is 17.8 Å². The largest absolute Gasteiger partial charge is 0.375 e. The van der Waals surface area contributed by atoms with Crippen LogP contribution >= 0.6 is 11.6 Å². The minimum absolute atomic E-state index is 0.0606. The van der Waals surface area contributed by atoms with Crippen molar-refractivity contribution in [1.82, 2.24) is 9.97 Å². The van der Waals surface area contributed by atoms with Crippen molar-refractivity contribution in [2.75, 3.05) is 6.61 Å². The molecule has 5 nitrogen and oxygen atoms in total. The maximum absolute atomic E-state index is 14.1. The third kappa shape index (κ3) is 2.59. The van der Waals surface area contributed by atoms with Gasteiger partial charge in [0.05, 0.1) is 23.9 Å². The van der Waals surface area contributed by atoms with Crippen LogP contribution in [0.2, 0.25) is 5.02 Å². The van der Waals surface area contributed by atoms with Crippen molar-refractivity contribution >= 4 is 17.5 Å². The Hall–Kier alpha value is -2.05. The van der Waals surface area contributed by atoms with Gasteiger partial charge in [0.1, 0.15) is 11.4 Å². The van der Waals surface area contributed by atoms with Gasteiger partial charge < -0.3 is 10.5 Å². The summed E-state index contributed by atoms with van der Waals surface area (Å²) in [5.41, 5.74) is 7.38. The van der Waals surface area contributed by atoms with Gasteiger partial charge in [-0.2, -0.15) is 0 Å². The van der Waals surface area contributed by atoms with E-state index in [1.807, 2.05) is 0 Å². The van der Waals surface area contributed by atoms with Gasteiger partial charge in [0.15, 0.2) is 5.82 Å². The number of aromatic nitrogens is 2. The molecule has 3 rings (SSSR count). The van der Waals surface area contributed by atoms with Crippen LogP contribution in [0.1, 0.15) is 21.7 Å². The third-order valence-corrected chi connectivity index (χ3v) is 3.47. The average molecular weight is 308 g/mol. The Labute approximate surface area is 124 Å². The highest BCUT2D eigenvalue weighted by Crippen LogP contribution is 2.30. The molecule has 7 heteroatoms. The van der Waals surface area contributed by atoms with E-state index in [0.29, 0.717) is 24.3 Å². The molecule has 0 aliphatic carbocycles. The SMILES string of the molecule is NC(=O)c1cc(-c2ncc(Cl)cc2F)c2c(n1)COCC2. The molecular weight excluding hydrogens is 297 g/mol. The summed E-state index contributed by atoms with van der Waals surface area (Å²) in [6, 6.07) is 2.64. The van der Waals surface area contributed by atoms with Crippen molar-refractivity contribution in [3.05, 3.63) is 46.1 Å². The molecule has 0 radical (unpaired) electrons. The van der Waals surface area contributed by atoms with Gasteiger partial charge >= 0.3 is 0 Å². The van der Waals surface area contributed by atoms with Crippen molar-refractivity contribution < 1.29 is 13.9 Å². The number of fused-ring (bicyclic) bond motifs is 1. The zero-order valence-electron chi connectivity index (χ0n) is 10.9. The van der Waals surface area contributed by atoms with Gasteiger partial charge in [-0.05, 0) is 24.1 Å². The molecule has 1 aliphatic heterocycles. The Morgan fingerprint density at radius 2 is 2.24 bits per heavy atom. The van der Waals surface area contributed by atoms with Gasteiger partial charge in [-0.1, -0.05) is 11.6 Å². The van der Waals surface area contributed by atoms with Gasteiger partial charge in [-0.15, -0.1) is 0 Å². The number of nitrogens with two attached hydrogens (primary N) is 1. The number of rotatable bonds is 2. The summed E-state index contributed by atoms with van der Waals surface area (Å²) >= 11 is 5.72. The molecule has 0 spiro atoms. The zero-order chi connectivity index (χ0) is 15.0. The molecule has 0 bridgehead atoms. The second-order valence-electron chi connectivity index (χ2n) is 4.63. The second kappa shape index (κ2) is 5.38. The fourth-order valence-electron chi connectivity index (χ4n) is 2.32. The summed E-state index contributed by atoms with van der Waals surface area (Å²) in [7, 11) is 0. The number of hydrogen-bond donors (Lipinski definition) is 1. The minimum Gasteiger partial charge on any atom is -0.375 e. The maximum atomic E-state index is 14.1. The smallest absolute Gasteiger partial charge is 0.267 e. The molecule has 1 amide bonds. The molecule has 0 saturated heterocycles. The van der Waals surface area contributed by atoms with E-state index < -0.39 is 11.7 Å². The van der Waals surface area contributed by atoms with E-state index in [4.69, 9.17) is 22.1 Å². The molecule has 0 atom stereocenters. The molecule has 108 valence electrons. The van der Waals surface area contributed by atoms with Crippen LogP contribution in [0.25, 0.3) is 11.3 Å². The van der Waals surface area contributed by atoms with Crippen LogP contribution in [0.5, 0.6) is 0 Å². The topological polar surface area (TPSA) is 78.1 Å². The van der Waals surface area contributed by atoms with Gasteiger partial charge in [-0.25, -0.2) is 9.37 Å². The van der Waals surface area contributed by atoms with E-state index in [1.165, 1.54) is 18.3 Å². The third-order valence-electron chi connectivity index (χ3n) is 3.26. The predicted molar refractivity (Wildman–Crippen MR) is 74.3 cm³/mol. The lowest BCUT2D eigenvalue weighted by Gasteiger charge is -2.20. The number of ether oxygens (including phenoxy) is 1. The Balaban J connectivity index is 2.24. The summed E-state index contributed by atoms with van der Waals surface area (Å²) in [4.78, 5) is 19.6. The molecule has 0 saturated carbocycles. The number of primary amides is 1. The molecule has 0 unspecified atom stereocenters. The van der Waals surface area contributed by atoms with Crippen LogP contribution in [0, 0.1) is 5.82 Å². The fraction of sp³-hybridized carbons (Fsp3) is 0.214. The lowest BCUT2D eigenvalue weighted by Crippen LogP contribution is -2.19. The first-order valence-corrected chi connectivity index (χ1v) is 6.66. The predicted octanol–water partition coefficient (Wildman–Crippen LogP) is 2.11. The molecule has 21 heavy (non-hydrogen) atoms. The Morgan fingerprint density at radius 3 is 2.95 bits per heavy atom. The van der Waals surface area contributed by atoms with Crippen molar-refractivity contribution in [3.63, 3.8) is 0 Å². The standard InChI is InChI=1S/C14H11ClFN3O2/c15-7-3-10(16)13(18-5-7)9-4-11(14(17)20)19-12-6-21-2-1-8(9)12/h3-5H,1-2,6H2,(H2,17,20). The van der Waals surface area contributed by atoms with E-state index in [0.717, 1.165) is 5.56 Å². The molecule has 3 heterocycles. The summed E-state index contributed by atoms with van der Waals surface area (Å²) in [6.07, 6.45) is 1.93. The first kappa shape index (κ1) is 13.9. The fourth-order valence-corrected chi connectivity index (χ4v) is 2.46. The number of carbonyl (C=O) groups excluding carboxylic acids is 1. The number of nitrogens with zero attached hydrogens (tertiary/aromatic N) is 2. The molecule has 2 aromatic rings. The quantitative estimate of drug-likeness (QED) is 0.921. The Bertz CT molecular complexity index is 736. The summed E-state index contributed by atoms with van der Waals surface area (Å²) in [6.45, 7) is 0.769. The molecule has 0 aromatic carbocycles. The van der Waals surface area contributed by atoms with E-state index in [-0.39, 0.29) is 23.0 Å². The Morgan fingerprint density at radius 1 is 1.43 bits per heavy atom. The molecule has 2 aromatic heterocycles. The van der Waals surface area contributed by atoms with Crippen LogP contribution in [-0.4, -0.2) is 22.5 Å². The number of carbonyl (C=O) groups is 1. The number of pyridine rings is 2. The van der Waals surface area contributed by atoms with Crippen molar-refractivity contribution in [2.45, 2.75) is 13.0 Å². The molecule has 1 aliphatic rings. The van der Waals surface area contributed by atoms with Gasteiger partial charge in [0, 0.05) is 11.8 Å². The number of hydrogen-bond acceptors (Lipinski definition) is 4. The first-order valence-electron chi connectivity index (χ1n) is 6.28. The highest BCUT2D eigenvalue weighted by atomic mass is 35.5. The average Bonchev–Trinajstić information content (AvgIpc) is 2.46. The van der Waals surface area contributed by atoms with Gasteiger partial charge in [-0.3, -0.25) is 9.78 Å². The molecular formula is C14H11ClFN3O2. The van der Waals surface area contributed by atoms with Gasteiger partial charge in [0.25, 0.3) is 5.91 Å². The van der Waals surface area contributed by atoms with Crippen molar-refractivity contribution in [1.29, 1.82) is 0 Å². The van der Waals surface area contributed by atoms with Crippen LogP contribution in [0.4, 0.5) is 4.39 Å². The Kier molecular flexibility index (Phi) is 3.57. The van der Waals surface area contributed by atoms with Crippen LogP contribution in [0.3, 0.4) is 0 Å². The summed E-state index contributed by atoms with van der Waals surface area (Å²) < 4.78 is 19.4. The van der Waals surface area contributed by atoms with E-state index >= 15 is 0 Å². The van der Waals surface area contributed by atoms with Crippen molar-refractivity contribution in [3.8, 4) is 11.3 Å². The minimum atomic E-state index is -0.681. The maximum Gasteiger partial charge on any atom is 0.267 e. The zero-order valence-corrected chi connectivity index (χ0v) is 11.7. The highest BCUT2D eigenvalue weighted by Gasteiger charge is 2.22. The first-order chi connectivity index (χ1) is 10.1. The summed E-state index contributed by atoms with van der Waals surface area (Å²) in [5, 5.41) is 0.206. The summed E-state index contributed by atoms with van der Waals surface area (Å²) in [5.74, 6) is -1.24. The molecule has 2 N–H and O–H groups in total. The highest BCUT2D eigenvalue weighted by molar-refractivity contribution is 6.30. The van der Waals surface area contributed by atoms with E-state index in [9.17, 15) is 9.18 Å². The van der Waals surface area contributed by atoms with E-state index in [1.54, 1.807) is 0 Å². The number of amides is 1. The second-order valence-corrected chi connectivity index (χ2v) is 5.07. The van der Waals surface area contributed by atoms with Crippen LogP contribution < -0.4 is 5.73 Å². The normalized spacial score (nSPS) is 13.8. The van der Waals surface area contributed by atoms with E-state index in [2.05, 4.69) is 9.97 Å². The molecule has 0 fully saturated rings. The van der Waals surface area contributed by atoms with Gasteiger partial charge in [0.2, 0.25) is 0 Å². The van der Waals surface area contributed by atoms with Crippen LogP contribution in [0.15, 0.2) is 18.3 Å². The van der Waals surface area contributed by atoms with Crippen molar-refractivity contribution in [2.24, 2.45) is 5.73 Å². The lowest BCUT2D eigenvalue weighted by atomic mass is 9.97. The monoisotopic (exact) mass is 307 g/mol.